The first-order chi connectivity index (χ1) is 19.2. The van der Waals surface area contributed by atoms with E-state index in [4.69, 9.17) is 4.74 Å². The standard InChI is InChI=1S/C28H28F3N5O4/c29-28(30,31)40-25-7-6-21(15-23(25)34-26(38)18-35-10-12-39-13-11-35)24(37)14-19-2-4-20(5-3-19)22-16-32-27(33-17-22)36-8-1-9-36/h2-7,15-17H,1,8-14,18H2,(H,34,38). The first-order valence-electron chi connectivity index (χ1n) is 12.9. The lowest BCUT2D eigenvalue weighted by Crippen LogP contribution is -2.41. The molecule has 0 saturated carbocycles. The molecule has 2 fully saturated rings. The van der Waals surface area contributed by atoms with Crippen molar-refractivity contribution in [3.63, 3.8) is 0 Å². The first kappa shape index (κ1) is 27.5. The average molecular weight is 556 g/mol. The SMILES string of the molecule is O=C(CN1CCOCC1)Nc1cc(C(=O)Cc2ccc(-c3cnc(N4CCC4)nc3)cc2)ccc1OC(F)(F)F. The molecule has 0 spiro atoms. The van der Waals surface area contributed by atoms with Gasteiger partial charge in [0.2, 0.25) is 11.9 Å². The number of benzene rings is 2. The predicted octanol–water partition coefficient (Wildman–Crippen LogP) is 3.95. The van der Waals surface area contributed by atoms with E-state index >= 15 is 0 Å². The lowest BCUT2D eigenvalue weighted by atomic mass is 10.00. The molecule has 5 rings (SSSR count). The molecular weight excluding hydrogens is 527 g/mol. The van der Waals surface area contributed by atoms with Crippen LogP contribution in [0, 0.1) is 0 Å². The number of nitrogens with zero attached hydrogens (tertiary/aromatic N) is 4. The number of alkyl halides is 3. The zero-order chi connectivity index (χ0) is 28.1. The minimum Gasteiger partial charge on any atom is -0.404 e. The Morgan fingerprint density at radius 2 is 1.65 bits per heavy atom. The molecule has 1 amide bonds. The summed E-state index contributed by atoms with van der Waals surface area (Å²) in [7, 11) is 0. The lowest BCUT2D eigenvalue weighted by Gasteiger charge is -2.30. The van der Waals surface area contributed by atoms with Gasteiger partial charge < -0.3 is 19.7 Å². The van der Waals surface area contributed by atoms with Crippen molar-refractivity contribution in [1.82, 2.24) is 14.9 Å². The molecule has 1 N–H and O–H groups in total. The molecule has 0 aliphatic carbocycles. The highest BCUT2D eigenvalue weighted by atomic mass is 19.4. The Balaban J connectivity index is 1.26. The van der Waals surface area contributed by atoms with Crippen molar-refractivity contribution in [2.75, 3.05) is 56.2 Å². The van der Waals surface area contributed by atoms with Gasteiger partial charge in [0.25, 0.3) is 0 Å². The molecule has 0 bridgehead atoms. The van der Waals surface area contributed by atoms with Gasteiger partial charge in [-0.15, -0.1) is 13.2 Å². The normalized spacial score (nSPS) is 15.8. The number of morpholine rings is 1. The second-order valence-corrected chi connectivity index (χ2v) is 9.60. The maximum atomic E-state index is 13.0. The Hall–Kier alpha value is -4.03. The molecule has 12 heteroatoms. The predicted molar refractivity (Wildman–Crippen MR) is 141 cm³/mol. The molecule has 2 saturated heterocycles. The second-order valence-electron chi connectivity index (χ2n) is 9.60. The average Bonchev–Trinajstić information content (AvgIpc) is 2.89. The first-order valence-corrected chi connectivity index (χ1v) is 12.9. The lowest BCUT2D eigenvalue weighted by molar-refractivity contribution is -0.274. The number of hydrogen-bond acceptors (Lipinski definition) is 8. The van der Waals surface area contributed by atoms with Gasteiger partial charge in [0.1, 0.15) is 0 Å². The van der Waals surface area contributed by atoms with Crippen molar-refractivity contribution in [1.29, 1.82) is 0 Å². The number of anilines is 2. The Kier molecular flexibility index (Phi) is 8.27. The summed E-state index contributed by atoms with van der Waals surface area (Å²) in [5.41, 5.74) is 2.39. The van der Waals surface area contributed by atoms with Gasteiger partial charge in [-0.3, -0.25) is 14.5 Å². The Bertz CT molecular complexity index is 1340. The van der Waals surface area contributed by atoms with Crippen LogP contribution in [0.15, 0.2) is 54.9 Å². The Labute approximate surface area is 228 Å². The van der Waals surface area contributed by atoms with Crippen LogP contribution in [0.25, 0.3) is 11.1 Å². The van der Waals surface area contributed by atoms with Crippen LogP contribution in [-0.4, -0.2) is 78.9 Å². The largest absolute Gasteiger partial charge is 0.573 e. The number of ketones is 1. The fourth-order valence-corrected chi connectivity index (χ4v) is 4.42. The Morgan fingerprint density at radius 1 is 0.950 bits per heavy atom. The number of amides is 1. The molecule has 3 aromatic rings. The van der Waals surface area contributed by atoms with Crippen LogP contribution < -0.4 is 15.0 Å². The van der Waals surface area contributed by atoms with E-state index in [1.54, 1.807) is 12.4 Å². The van der Waals surface area contributed by atoms with Gasteiger partial charge in [-0.05, 0) is 35.7 Å². The van der Waals surface area contributed by atoms with Gasteiger partial charge in [0, 0.05) is 56.1 Å². The van der Waals surface area contributed by atoms with Crippen LogP contribution in [0.1, 0.15) is 22.3 Å². The van der Waals surface area contributed by atoms with E-state index < -0.39 is 18.0 Å². The summed E-state index contributed by atoms with van der Waals surface area (Å²) in [6, 6.07) is 10.9. The van der Waals surface area contributed by atoms with E-state index in [2.05, 4.69) is 24.9 Å². The van der Waals surface area contributed by atoms with Gasteiger partial charge in [0.05, 0.1) is 25.4 Å². The minimum absolute atomic E-state index is 0.0192. The van der Waals surface area contributed by atoms with Crippen LogP contribution in [0.5, 0.6) is 5.75 Å². The summed E-state index contributed by atoms with van der Waals surface area (Å²) < 4.78 is 48.3. The smallest absolute Gasteiger partial charge is 0.404 e. The summed E-state index contributed by atoms with van der Waals surface area (Å²) in [5, 5.41) is 2.47. The maximum absolute atomic E-state index is 13.0. The van der Waals surface area contributed by atoms with Crippen molar-refractivity contribution in [3.05, 3.63) is 66.0 Å². The number of nitrogens with one attached hydrogen (secondary N) is 1. The zero-order valence-electron chi connectivity index (χ0n) is 21.6. The van der Waals surface area contributed by atoms with Crippen molar-refractivity contribution < 1.29 is 32.2 Å². The van der Waals surface area contributed by atoms with E-state index in [9.17, 15) is 22.8 Å². The van der Waals surface area contributed by atoms with Crippen LogP contribution >= 0.6 is 0 Å². The Morgan fingerprint density at radius 3 is 2.27 bits per heavy atom. The van der Waals surface area contributed by atoms with Gasteiger partial charge in [-0.2, -0.15) is 0 Å². The van der Waals surface area contributed by atoms with E-state index in [1.165, 1.54) is 12.1 Å². The van der Waals surface area contributed by atoms with Crippen LogP contribution in [0.2, 0.25) is 0 Å². The summed E-state index contributed by atoms with van der Waals surface area (Å²) in [4.78, 5) is 38.4. The maximum Gasteiger partial charge on any atom is 0.573 e. The van der Waals surface area contributed by atoms with Crippen LogP contribution in [-0.2, 0) is 16.0 Å². The van der Waals surface area contributed by atoms with Gasteiger partial charge >= 0.3 is 6.36 Å². The number of carbonyl (C=O) groups excluding carboxylic acids is 2. The topological polar surface area (TPSA) is 96.9 Å². The number of carbonyl (C=O) groups is 2. The molecule has 9 nitrogen and oxygen atoms in total. The molecule has 0 unspecified atom stereocenters. The summed E-state index contributed by atoms with van der Waals surface area (Å²) in [6.45, 7) is 3.91. The van der Waals surface area contributed by atoms with Crippen molar-refractivity contribution in [2.24, 2.45) is 0 Å². The van der Waals surface area contributed by atoms with E-state index in [-0.39, 0.29) is 30.0 Å². The molecule has 3 heterocycles. The molecule has 2 aliphatic rings. The zero-order valence-corrected chi connectivity index (χ0v) is 21.6. The molecule has 2 aliphatic heterocycles. The second kappa shape index (κ2) is 12.0. The molecule has 0 atom stereocenters. The van der Waals surface area contributed by atoms with Crippen molar-refractivity contribution in [3.8, 4) is 16.9 Å². The van der Waals surface area contributed by atoms with Crippen LogP contribution in [0.4, 0.5) is 24.8 Å². The van der Waals surface area contributed by atoms with E-state index in [1.807, 2.05) is 29.2 Å². The number of hydrogen-bond donors (Lipinski definition) is 1. The monoisotopic (exact) mass is 555 g/mol. The number of aromatic nitrogens is 2. The summed E-state index contributed by atoms with van der Waals surface area (Å²) in [5.74, 6) is -0.722. The molecule has 1 aromatic heterocycles. The fraction of sp³-hybridized carbons (Fsp3) is 0.357. The van der Waals surface area contributed by atoms with Gasteiger partial charge in [0.15, 0.2) is 11.5 Å². The molecule has 0 radical (unpaired) electrons. The minimum atomic E-state index is -4.96. The third kappa shape index (κ3) is 7.13. The summed E-state index contributed by atoms with van der Waals surface area (Å²) in [6.07, 6.45) is -0.273. The molecular formula is C28H28F3N5O4. The molecule has 2 aromatic carbocycles. The van der Waals surface area contributed by atoms with Crippen LogP contribution in [0.3, 0.4) is 0 Å². The van der Waals surface area contributed by atoms with E-state index in [0.29, 0.717) is 32.3 Å². The third-order valence-electron chi connectivity index (χ3n) is 6.70. The fourth-order valence-electron chi connectivity index (χ4n) is 4.42. The van der Waals surface area contributed by atoms with Gasteiger partial charge in [-0.1, -0.05) is 24.3 Å². The highest BCUT2D eigenvalue weighted by Gasteiger charge is 2.32. The number of ether oxygens (including phenoxy) is 2. The number of rotatable bonds is 9. The summed E-state index contributed by atoms with van der Waals surface area (Å²) >= 11 is 0. The molecule has 210 valence electrons. The highest BCUT2D eigenvalue weighted by Crippen LogP contribution is 2.32. The highest BCUT2D eigenvalue weighted by molar-refractivity contribution is 6.00. The third-order valence-corrected chi connectivity index (χ3v) is 6.70. The van der Waals surface area contributed by atoms with Crippen molar-refractivity contribution in [2.45, 2.75) is 19.2 Å². The van der Waals surface area contributed by atoms with Gasteiger partial charge in [-0.25, -0.2) is 9.97 Å². The quantitative estimate of drug-likeness (QED) is 0.397. The molecule has 40 heavy (non-hydrogen) atoms. The van der Waals surface area contributed by atoms with E-state index in [0.717, 1.165) is 42.3 Å². The van der Waals surface area contributed by atoms with Crippen molar-refractivity contribution >= 4 is 23.3 Å². The number of Topliss-reactive ketones (excluding diaryl/α,β-unsaturated/α-hetero) is 1. The number of halogens is 3.